The molecule has 0 spiro atoms. The summed E-state index contributed by atoms with van der Waals surface area (Å²) >= 11 is 0. The molecule has 4 nitrogen and oxygen atoms in total. The van der Waals surface area contributed by atoms with Crippen molar-refractivity contribution in [1.29, 1.82) is 0 Å². The molecule has 0 aliphatic carbocycles. The van der Waals surface area contributed by atoms with Crippen LogP contribution in [0.1, 0.15) is 44.7 Å². The van der Waals surface area contributed by atoms with Crippen LogP contribution in [0.15, 0.2) is 12.3 Å². The van der Waals surface area contributed by atoms with Crippen LogP contribution in [-0.4, -0.2) is 29.1 Å². The Hall–Kier alpha value is -1.16. The van der Waals surface area contributed by atoms with Crippen molar-refractivity contribution in [1.82, 2.24) is 9.97 Å². The van der Waals surface area contributed by atoms with Crippen molar-refractivity contribution in [2.24, 2.45) is 5.73 Å². The van der Waals surface area contributed by atoms with Crippen molar-refractivity contribution in [3.63, 3.8) is 0 Å². The fourth-order valence-electron chi connectivity index (χ4n) is 2.33. The summed E-state index contributed by atoms with van der Waals surface area (Å²) < 4.78 is 0. The molecule has 1 aromatic rings. The zero-order chi connectivity index (χ0) is 12.8. The average molecular weight is 248 g/mol. The lowest BCUT2D eigenvalue weighted by Gasteiger charge is -2.20. The molecule has 1 aliphatic rings. The quantitative estimate of drug-likeness (QED) is 0.887. The first kappa shape index (κ1) is 13.3. The van der Waals surface area contributed by atoms with Crippen molar-refractivity contribution in [2.45, 2.75) is 51.5 Å². The topological polar surface area (TPSA) is 55.0 Å². The van der Waals surface area contributed by atoms with Gasteiger partial charge in [-0.1, -0.05) is 19.8 Å². The molecule has 1 aliphatic heterocycles. The van der Waals surface area contributed by atoms with Gasteiger partial charge in [-0.05, 0) is 25.3 Å². The van der Waals surface area contributed by atoms with E-state index in [2.05, 4.69) is 21.8 Å². The molecule has 0 aromatic carbocycles. The number of nitrogens with two attached hydrogens (primary N) is 1. The van der Waals surface area contributed by atoms with Crippen LogP contribution in [0, 0.1) is 0 Å². The molecule has 18 heavy (non-hydrogen) atoms. The van der Waals surface area contributed by atoms with Crippen LogP contribution in [0.5, 0.6) is 0 Å². The van der Waals surface area contributed by atoms with Gasteiger partial charge in [-0.25, -0.2) is 9.97 Å². The van der Waals surface area contributed by atoms with Crippen LogP contribution in [0.4, 0.5) is 5.95 Å². The molecule has 0 bridgehead atoms. The molecule has 2 heterocycles. The Labute approximate surface area is 110 Å². The molecule has 2 rings (SSSR count). The van der Waals surface area contributed by atoms with Gasteiger partial charge in [0.15, 0.2) is 0 Å². The van der Waals surface area contributed by atoms with Crippen LogP contribution in [0.2, 0.25) is 0 Å². The maximum absolute atomic E-state index is 5.98. The van der Waals surface area contributed by atoms with Crippen LogP contribution >= 0.6 is 0 Å². The summed E-state index contributed by atoms with van der Waals surface area (Å²) in [7, 11) is 0. The van der Waals surface area contributed by atoms with Gasteiger partial charge in [-0.3, -0.25) is 0 Å². The molecule has 0 radical (unpaired) electrons. The fraction of sp³-hybridized carbons (Fsp3) is 0.714. The summed E-state index contributed by atoms with van der Waals surface area (Å²) in [5, 5.41) is 0. The average Bonchev–Trinajstić information content (AvgIpc) is 2.68. The first-order valence-corrected chi connectivity index (χ1v) is 7.12. The second-order valence-corrected chi connectivity index (χ2v) is 5.12. The van der Waals surface area contributed by atoms with Gasteiger partial charge >= 0.3 is 0 Å². The molecule has 4 heteroatoms. The fourth-order valence-corrected chi connectivity index (χ4v) is 2.33. The lowest BCUT2D eigenvalue weighted by molar-refractivity contribution is 0.633. The number of hydrogen-bond donors (Lipinski definition) is 1. The molecule has 0 saturated carbocycles. The minimum atomic E-state index is 0.205. The van der Waals surface area contributed by atoms with Gasteiger partial charge in [0.25, 0.3) is 0 Å². The zero-order valence-electron chi connectivity index (χ0n) is 11.3. The van der Waals surface area contributed by atoms with E-state index < -0.39 is 0 Å². The van der Waals surface area contributed by atoms with Gasteiger partial charge in [-0.2, -0.15) is 0 Å². The van der Waals surface area contributed by atoms with E-state index in [0.29, 0.717) is 0 Å². The Morgan fingerprint density at radius 3 is 2.67 bits per heavy atom. The summed E-state index contributed by atoms with van der Waals surface area (Å²) in [5.41, 5.74) is 7.05. The maximum Gasteiger partial charge on any atom is 0.225 e. The summed E-state index contributed by atoms with van der Waals surface area (Å²) in [6, 6.07) is 2.19. The van der Waals surface area contributed by atoms with Crippen LogP contribution in [0.25, 0.3) is 0 Å². The smallest absolute Gasteiger partial charge is 0.225 e. The molecule has 1 unspecified atom stereocenters. The van der Waals surface area contributed by atoms with Crippen LogP contribution < -0.4 is 10.6 Å². The van der Waals surface area contributed by atoms with Crippen molar-refractivity contribution in [3.05, 3.63) is 18.0 Å². The Morgan fingerprint density at radius 2 is 2.00 bits per heavy atom. The van der Waals surface area contributed by atoms with E-state index >= 15 is 0 Å². The number of anilines is 1. The molecule has 2 N–H and O–H groups in total. The minimum Gasteiger partial charge on any atom is -0.341 e. The van der Waals surface area contributed by atoms with E-state index in [1.165, 1.54) is 25.7 Å². The third-order valence-electron chi connectivity index (χ3n) is 3.59. The SMILES string of the molecule is CCC(N)Cc1ccnc(N2CCCCCC2)n1. The standard InChI is InChI=1S/C14H24N4/c1-2-12(15)11-13-7-8-16-14(17-13)18-9-5-3-4-6-10-18/h7-8,12H,2-6,9-11,15H2,1H3. The lowest BCUT2D eigenvalue weighted by Crippen LogP contribution is -2.27. The number of hydrogen-bond acceptors (Lipinski definition) is 4. The maximum atomic E-state index is 5.98. The van der Waals surface area contributed by atoms with Crippen molar-refractivity contribution in [3.8, 4) is 0 Å². The summed E-state index contributed by atoms with van der Waals surface area (Å²) in [4.78, 5) is 11.4. The second kappa shape index (κ2) is 6.69. The minimum absolute atomic E-state index is 0.205. The largest absolute Gasteiger partial charge is 0.341 e. The molecular weight excluding hydrogens is 224 g/mol. The molecule has 1 fully saturated rings. The van der Waals surface area contributed by atoms with Crippen molar-refractivity contribution in [2.75, 3.05) is 18.0 Å². The van der Waals surface area contributed by atoms with E-state index in [4.69, 9.17) is 5.73 Å². The number of rotatable bonds is 4. The van der Waals surface area contributed by atoms with E-state index in [1.807, 2.05) is 12.3 Å². The van der Waals surface area contributed by atoms with Gasteiger partial charge < -0.3 is 10.6 Å². The van der Waals surface area contributed by atoms with Crippen LogP contribution in [0.3, 0.4) is 0 Å². The predicted octanol–water partition coefficient (Wildman–Crippen LogP) is 2.14. The number of aromatic nitrogens is 2. The predicted molar refractivity (Wildman–Crippen MR) is 74.7 cm³/mol. The van der Waals surface area contributed by atoms with E-state index in [-0.39, 0.29) is 6.04 Å². The molecule has 0 amide bonds. The van der Waals surface area contributed by atoms with Gasteiger partial charge in [0.1, 0.15) is 0 Å². The van der Waals surface area contributed by atoms with Crippen molar-refractivity contribution < 1.29 is 0 Å². The Kier molecular flexibility index (Phi) is 4.93. The van der Waals surface area contributed by atoms with Gasteiger partial charge in [-0.15, -0.1) is 0 Å². The molecular formula is C14H24N4. The molecule has 1 saturated heterocycles. The molecule has 1 atom stereocenters. The van der Waals surface area contributed by atoms with E-state index in [1.54, 1.807) is 0 Å². The lowest BCUT2D eigenvalue weighted by atomic mass is 10.1. The highest BCUT2D eigenvalue weighted by atomic mass is 15.2. The Bertz CT molecular complexity index is 359. The van der Waals surface area contributed by atoms with Gasteiger partial charge in [0.05, 0.1) is 0 Å². The second-order valence-electron chi connectivity index (χ2n) is 5.12. The highest BCUT2D eigenvalue weighted by Gasteiger charge is 2.13. The first-order valence-electron chi connectivity index (χ1n) is 7.12. The van der Waals surface area contributed by atoms with Crippen LogP contribution in [-0.2, 0) is 6.42 Å². The summed E-state index contributed by atoms with van der Waals surface area (Å²) in [6.07, 6.45) is 8.87. The summed E-state index contributed by atoms with van der Waals surface area (Å²) in [6.45, 7) is 4.29. The molecule has 100 valence electrons. The normalized spacial score (nSPS) is 18.4. The van der Waals surface area contributed by atoms with Crippen molar-refractivity contribution >= 4 is 5.95 Å². The Balaban J connectivity index is 2.05. The third kappa shape index (κ3) is 3.67. The van der Waals surface area contributed by atoms with E-state index in [0.717, 1.165) is 37.6 Å². The number of nitrogens with zero attached hydrogens (tertiary/aromatic N) is 3. The highest BCUT2D eigenvalue weighted by Crippen LogP contribution is 2.15. The Morgan fingerprint density at radius 1 is 1.28 bits per heavy atom. The van der Waals surface area contributed by atoms with Gasteiger partial charge in [0, 0.05) is 37.4 Å². The third-order valence-corrected chi connectivity index (χ3v) is 3.59. The van der Waals surface area contributed by atoms with Gasteiger partial charge in [0.2, 0.25) is 5.95 Å². The first-order chi connectivity index (χ1) is 8.79. The zero-order valence-corrected chi connectivity index (χ0v) is 11.3. The molecule has 1 aromatic heterocycles. The monoisotopic (exact) mass is 248 g/mol. The summed E-state index contributed by atoms with van der Waals surface area (Å²) in [5.74, 6) is 0.887. The van der Waals surface area contributed by atoms with E-state index in [9.17, 15) is 0 Å². The highest BCUT2D eigenvalue weighted by molar-refractivity contribution is 5.30.